The summed E-state index contributed by atoms with van der Waals surface area (Å²) in [5.74, 6) is -0.281. The van der Waals surface area contributed by atoms with Gasteiger partial charge in [-0.2, -0.15) is 0 Å². The molecule has 1 atom stereocenters. The quantitative estimate of drug-likeness (QED) is 0.930. The highest BCUT2D eigenvalue weighted by molar-refractivity contribution is 5.92. The van der Waals surface area contributed by atoms with E-state index in [0.717, 1.165) is 24.1 Å². The molecule has 2 aromatic rings. The van der Waals surface area contributed by atoms with Gasteiger partial charge < -0.3 is 14.6 Å². The Morgan fingerprint density at radius 2 is 2.35 bits per heavy atom. The van der Waals surface area contributed by atoms with Crippen LogP contribution in [0.25, 0.3) is 11.0 Å². The number of hydrogen-bond acceptors (Lipinski definition) is 3. The summed E-state index contributed by atoms with van der Waals surface area (Å²) in [6, 6.07) is 5.11. The molecule has 106 valence electrons. The fourth-order valence-corrected chi connectivity index (χ4v) is 3.04. The number of carbonyl (C=O) groups is 1. The summed E-state index contributed by atoms with van der Waals surface area (Å²) in [4.78, 5) is 17.8. The number of benzene rings is 1. The van der Waals surface area contributed by atoms with Crippen LogP contribution in [0.3, 0.4) is 0 Å². The van der Waals surface area contributed by atoms with Gasteiger partial charge in [0.2, 0.25) is 0 Å². The third-order valence-electron chi connectivity index (χ3n) is 4.04. The second-order valence-corrected chi connectivity index (χ2v) is 5.68. The molecule has 3 rings (SSSR count). The van der Waals surface area contributed by atoms with Crippen molar-refractivity contribution < 1.29 is 9.90 Å². The second kappa shape index (κ2) is 5.25. The first-order chi connectivity index (χ1) is 9.63. The molecular weight excluding hydrogens is 254 g/mol. The number of nitrogens with zero attached hydrogens (tertiary/aromatic N) is 3. The zero-order valence-electron chi connectivity index (χ0n) is 11.6. The normalized spacial score (nSPS) is 20.4. The second-order valence-electron chi connectivity index (χ2n) is 5.68. The van der Waals surface area contributed by atoms with Crippen LogP contribution in [-0.2, 0) is 6.54 Å². The topological polar surface area (TPSA) is 58.4 Å². The van der Waals surface area contributed by atoms with Crippen molar-refractivity contribution in [2.24, 2.45) is 5.92 Å². The van der Waals surface area contributed by atoms with Gasteiger partial charge in [0.15, 0.2) is 0 Å². The summed E-state index contributed by atoms with van der Waals surface area (Å²) in [5, 5.41) is 9.09. The molecule has 20 heavy (non-hydrogen) atoms. The molecule has 1 N–H and O–H groups in total. The lowest BCUT2D eigenvalue weighted by atomic mass is 9.98. The predicted octanol–water partition coefficient (Wildman–Crippen LogP) is 2.08. The Morgan fingerprint density at radius 1 is 1.50 bits per heavy atom. The number of carboxylic acid groups (broad SMARTS) is 1. The van der Waals surface area contributed by atoms with Crippen molar-refractivity contribution in [3.05, 3.63) is 30.1 Å². The number of piperidine rings is 1. The zero-order valence-corrected chi connectivity index (χ0v) is 11.6. The molecule has 1 fully saturated rings. The summed E-state index contributed by atoms with van der Waals surface area (Å²) in [6.45, 7) is 3.17. The van der Waals surface area contributed by atoms with Crippen LogP contribution in [0.2, 0.25) is 0 Å². The lowest BCUT2D eigenvalue weighted by Crippen LogP contribution is -2.33. The van der Waals surface area contributed by atoms with E-state index >= 15 is 0 Å². The molecule has 1 aromatic carbocycles. The van der Waals surface area contributed by atoms with E-state index in [-0.39, 0.29) is 0 Å². The fourth-order valence-electron chi connectivity index (χ4n) is 3.04. The third-order valence-corrected chi connectivity index (χ3v) is 4.04. The summed E-state index contributed by atoms with van der Waals surface area (Å²) in [5.41, 5.74) is 2.09. The summed E-state index contributed by atoms with van der Waals surface area (Å²) in [7, 11) is 2.15. The Morgan fingerprint density at radius 3 is 3.10 bits per heavy atom. The van der Waals surface area contributed by atoms with Crippen molar-refractivity contribution in [1.29, 1.82) is 0 Å². The van der Waals surface area contributed by atoms with E-state index in [1.165, 1.54) is 19.4 Å². The Labute approximate surface area is 117 Å². The molecule has 0 bridgehead atoms. The number of likely N-dealkylation sites (tertiary alicyclic amines) is 1. The minimum atomic E-state index is -0.892. The first kappa shape index (κ1) is 13.1. The molecule has 5 nitrogen and oxygen atoms in total. The predicted molar refractivity (Wildman–Crippen MR) is 76.9 cm³/mol. The zero-order chi connectivity index (χ0) is 14.1. The third kappa shape index (κ3) is 2.54. The molecular formula is C15H19N3O2. The number of aromatic carboxylic acids is 1. The Bertz CT molecular complexity index is 635. The first-order valence-electron chi connectivity index (χ1n) is 7.00. The van der Waals surface area contributed by atoms with Crippen molar-refractivity contribution in [3.63, 3.8) is 0 Å². The van der Waals surface area contributed by atoms with E-state index in [0.29, 0.717) is 11.5 Å². The molecule has 5 heteroatoms. The highest BCUT2D eigenvalue weighted by Crippen LogP contribution is 2.21. The van der Waals surface area contributed by atoms with Gasteiger partial charge in [-0.05, 0) is 50.6 Å². The van der Waals surface area contributed by atoms with E-state index in [1.807, 2.05) is 6.33 Å². The van der Waals surface area contributed by atoms with E-state index < -0.39 is 5.97 Å². The summed E-state index contributed by atoms with van der Waals surface area (Å²) >= 11 is 0. The Balaban J connectivity index is 1.87. The number of aromatic nitrogens is 2. The van der Waals surface area contributed by atoms with Crippen LogP contribution in [0.15, 0.2) is 24.5 Å². The van der Waals surface area contributed by atoms with Crippen LogP contribution in [0.4, 0.5) is 0 Å². The smallest absolute Gasteiger partial charge is 0.335 e. The van der Waals surface area contributed by atoms with Gasteiger partial charge in [0, 0.05) is 13.1 Å². The van der Waals surface area contributed by atoms with Crippen LogP contribution >= 0.6 is 0 Å². The summed E-state index contributed by atoms with van der Waals surface area (Å²) in [6.07, 6.45) is 4.28. The van der Waals surface area contributed by atoms with Gasteiger partial charge in [-0.3, -0.25) is 0 Å². The van der Waals surface area contributed by atoms with E-state index in [4.69, 9.17) is 5.11 Å². The van der Waals surface area contributed by atoms with Gasteiger partial charge in [0.25, 0.3) is 0 Å². The maximum absolute atomic E-state index is 11.1. The van der Waals surface area contributed by atoms with Crippen molar-refractivity contribution in [2.75, 3.05) is 20.1 Å². The lowest BCUT2D eigenvalue weighted by Gasteiger charge is -2.29. The van der Waals surface area contributed by atoms with Crippen LogP contribution in [0, 0.1) is 5.92 Å². The van der Waals surface area contributed by atoms with E-state index in [1.54, 1.807) is 18.2 Å². The molecule has 1 unspecified atom stereocenters. The molecule has 0 aliphatic carbocycles. The minimum Gasteiger partial charge on any atom is -0.478 e. The molecule has 0 saturated carbocycles. The van der Waals surface area contributed by atoms with E-state index in [9.17, 15) is 4.79 Å². The number of hydrogen-bond donors (Lipinski definition) is 1. The molecule has 1 aliphatic heterocycles. The Hall–Kier alpha value is -1.88. The molecule has 0 radical (unpaired) electrons. The van der Waals surface area contributed by atoms with Crippen LogP contribution in [-0.4, -0.2) is 45.7 Å². The first-order valence-corrected chi connectivity index (χ1v) is 7.00. The molecule has 1 aliphatic rings. The van der Waals surface area contributed by atoms with Crippen molar-refractivity contribution >= 4 is 17.0 Å². The molecule has 0 amide bonds. The van der Waals surface area contributed by atoms with Crippen LogP contribution in [0.5, 0.6) is 0 Å². The molecule has 1 aromatic heterocycles. The van der Waals surface area contributed by atoms with Crippen molar-refractivity contribution in [2.45, 2.75) is 19.4 Å². The minimum absolute atomic E-state index is 0.319. The monoisotopic (exact) mass is 273 g/mol. The fraction of sp³-hybridized carbons (Fsp3) is 0.467. The lowest BCUT2D eigenvalue weighted by molar-refractivity contribution is 0.0697. The Kier molecular flexibility index (Phi) is 3.44. The van der Waals surface area contributed by atoms with Gasteiger partial charge in [-0.1, -0.05) is 0 Å². The number of fused-ring (bicyclic) bond motifs is 1. The van der Waals surface area contributed by atoms with Gasteiger partial charge >= 0.3 is 5.97 Å². The van der Waals surface area contributed by atoms with Gasteiger partial charge in [-0.15, -0.1) is 0 Å². The van der Waals surface area contributed by atoms with Gasteiger partial charge in [-0.25, -0.2) is 9.78 Å². The van der Waals surface area contributed by atoms with Crippen molar-refractivity contribution in [3.8, 4) is 0 Å². The molecule has 0 spiro atoms. The highest BCUT2D eigenvalue weighted by atomic mass is 16.4. The van der Waals surface area contributed by atoms with Gasteiger partial charge in [0.05, 0.1) is 22.9 Å². The number of rotatable bonds is 3. The SMILES string of the molecule is CN1CCCC(Cn2cnc3ccc(C(=O)O)cc32)C1. The highest BCUT2D eigenvalue weighted by Gasteiger charge is 2.18. The average molecular weight is 273 g/mol. The van der Waals surface area contributed by atoms with Gasteiger partial charge in [0.1, 0.15) is 0 Å². The number of imidazole rings is 1. The average Bonchev–Trinajstić information content (AvgIpc) is 2.81. The maximum atomic E-state index is 11.1. The van der Waals surface area contributed by atoms with E-state index in [2.05, 4.69) is 21.5 Å². The standard InChI is InChI=1S/C15H19N3O2/c1-17-6-2-3-11(8-17)9-18-10-16-13-5-4-12(15(19)20)7-14(13)18/h4-5,7,10-11H,2-3,6,8-9H2,1H3,(H,19,20). The van der Waals surface area contributed by atoms with Crippen LogP contribution in [0.1, 0.15) is 23.2 Å². The number of carboxylic acids is 1. The summed E-state index contributed by atoms with van der Waals surface area (Å²) < 4.78 is 2.09. The molecule has 1 saturated heterocycles. The largest absolute Gasteiger partial charge is 0.478 e. The van der Waals surface area contributed by atoms with Crippen molar-refractivity contribution in [1.82, 2.24) is 14.5 Å². The maximum Gasteiger partial charge on any atom is 0.335 e. The van der Waals surface area contributed by atoms with Crippen LogP contribution < -0.4 is 0 Å². The molecule has 2 heterocycles.